The van der Waals surface area contributed by atoms with Crippen LogP contribution in [0.4, 0.5) is 0 Å². The fourth-order valence-electron chi connectivity index (χ4n) is 2.95. The molecule has 0 saturated heterocycles. The first-order chi connectivity index (χ1) is 10.0. The van der Waals surface area contributed by atoms with Crippen LogP contribution in [-0.4, -0.2) is 18.5 Å². The molecule has 1 aromatic carbocycles. The van der Waals surface area contributed by atoms with Gasteiger partial charge in [0.2, 0.25) is 5.91 Å². The number of nitrogens with two attached hydrogens (primary N) is 1. The Morgan fingerprint density at radius 2 is 1.90 bits per heavy atom. The lowest BCUT2D eigenvalue weighted by Gasteiger charge is -2.31. The number of amides is 1. The van der Waals surface area contributed by atoms with Crippen LogP contribution in [-0.2, 0) is 10.2 Å². The largest absolute Gasteiger partial charge is 0.354 e. The molecule has 0 radical (unpaired) electrons. The van der Waals surface area contributed by atoms with Gasteiger partial charge in [-0.25, -0.2) is 0 Å². The third-order valence-corrected chi connectivity index (χ3v) is 5.02. The Hall–Kier alpha value is -1.06. The molecule has 1 fully saturated rings. The molecule has 1 aliphatic carbocycles. The van der Waals surface area contributed by atoms with E-state index in [1.54, 1.807) is 0 Å². The van der Waals surface area contributed by atoms with E-state index in [0.29, 0.717) is 17.5 Å². The van der Waals surface area contributed by atoms with Gasteiger partial charge in [-0.05, 0) is 49.3 Å². The molecule has 1 atom stereocenters. The van der Waals surface area contributed by atoms with E-state index in [1.807, 2.05) is 24.3 Å². The molecule has 3 nitrogen and oxygen atoms in total. The van der Waals surface area contributed by atoms with Crippen molar-refractivity contribution in [1.82, 2.24) is 5.32 Å². The van der Waals surface area contributed by atoms with E-state index in [0.717, 1.165) is 18.4 Å². The Labute approximate surface area is 132 Å². The van der Waals surface area contributed by atoms with E-state index in [9.17, 15) is 4.79 Å². The first-order valence-corrected chi connectivity index (χ1v) is 8.21. The first-order valence-electron chi connectivity index (χ1n) is 7.83. The zero-order valence-corrected chi connectivity index (χ0v) is 13.6. The molecular formula is C17H25ClN2O. The molecule has 0 bridgehead atoms. The van der Waals surface area contributed by atoms with Crippen LogP contribution in [0, 0.1) is 5.92 Å². The van der Waals surface area contributed by atoms with E-state index in [1.165, 1.54) is 12.8 Å². The summed E-state index contributed by atoms with van der Waals surface area (Å²) in [5.41, 5.74) is 6.61. The second-order valence-electron chi connectivity index (χ2n) is 6.01. The third-order valence-electron chi connectivity index (χ3n) is 4.76. The van der Waals surface area contributed by atoms with Crippen molar-refractivity contribution in [2.45, 2.75) is 51.0 Å². The highest BCUT2D eigenvalue weighted by Crippen LogP contribution is 2.34. The number of carbonyl (C=O) groups is 1. The van der Waals surface area contributed by atoms with Crippen LogP contribution in [0.5, 0.6) is 0 Å². The number of hydrogen-bond acceptors (Lipinski definition) is 2. The van der Waals surface area contributed by atoms with Gasteiger partial charge in [-0.1, -0.05) is 37.6 Å². The highest BCUT2D eigenvalue weighted by atomic mass is 35.5. The van der Waals surface area contributed by atoms with Crippen LogP contribution in [0.3, 0.4) is 0 Å². The van der Waals surface area contributed by atoms with Crippen molar-refractivity contribution in [2.75, 3.05) is 6.54 Å². The van der Waals surface area contributed by atoms with Crippen LogP contribution in [0.25, 0.3) is 0 Å². The molecule has 1 aliphatic rings. The average molecular weight is 309 g/mol. The maximum atomic E-state index is 12.8. The molecule has 21 heavy (non-hydrogen) atoms. The highest BCUT2D eigenvalue weighted by molar-refractivity contribution is 6.30. The zero-order chi connectivity index (χ0) is 15.5. The summed E-state index contributed by atoms with van der Waals surface area (Å²) in [5.74, 6) is 0.671. The molecule has 0 spiro atoms. The molecule has 1 unspecified atom stereocenters. The van der Waals surface area contributed by atoms with Crippen molar-refractivity contribution in [3.8, 4) is 0 Å². The van der Waals surface area contributed by atoms with Gasteiger partial charge in [0.25, 0.3) is 0 Å². The van der Waals surface area contributed by atoms with E-state index in [-0.39, 0.29) is 11.9 Å². The summed E-state index contributed by atoms with van der Waals surface area (Å²) < 4.78 is 0. The van der Waals surface area contributed by atoms with Crippen LogP contribution in [0.15, 0.2) is 24.3 Å². The van der Waals surface area contributed by atoms with Gasteiger partial charge >= 0.3 is 0 Å². The molecule has 1 aromatic rings. The molecule has 0 aromatic heterocycles. The minimum atomic E-state index is -0.492. The summed E-state index contributed by atoms with van der Waals surface area (Å²) in [6, 6.07) is 7.69. The number of benzene rings is 1. The van der Waals surface area contributed by atoms with E-state index in [2.05, 4.69) is 19.2 Å². The minimum Gasteiger partial charge on any atom is -0.354 e. The summed E-state index contributed by atoms with van der Waals surface area (Å²) in [6.45, 7) is 4.68. The Morgan fingerprint density at radius 3 is 2.38 bits per heavy atom. The number of halogens is 1. The molecule has 1 saturated carbocycles. The van der Waals surface area contributed by atoms with Crippen LogP contribution < -0.4 is 11.1 Å². The molecule has 116 valence electrons. The number of carbonyl (C=O) groups excluding carboxylic acids is 1. The predicted octanol–water partition coefficient (Wildman–Crippen LogP) is 3.25. The number of nitrogens with one attached hydrogen (secondary N) is 1. The Bertz CT molecular complexity index is 478. The van der Waals surface area contributed by atoms with Gasteiger partial charge in [0.05, 0.1) is 5.41 Å². The van der Waals surface area contributed by atoms with Gasteiger partial charge in [-0.2, -0.15) is 0 Å². The fraction of sp³-hybridized carbons (Fsp3) is 0.588. The van der Waals surface area contributed by atoms with Crippen molar-refractivity contribution in [2.24, 2.45) is 11.7 Å². The van der Waals surface area contributed by atoms with E-state index >= 15 is 0 Å². The van der Waals surface area contributed by atoms with Crippen molar-refractivity contribution in [3.63, 3.8) is 0 Å². The average Bonchev–Trinajstić information content (AvgIpc) is 3.33. The van der Waals surface area contributed by atoms with Gasteiger partial charge in [0.15, 0.2) is 0 Å². The standard InChI is InChI=1S/C17H25ClN2O/c1-3-17(4-2,13-7-9-14(18)10-8-13)16(21)20-11-15(19)12-5-6-12/h7-10,12,15H,3-6,11,19H2,1-2H3,(H,20,21). The van der Waals surface area contributed by atoms with Crippen molar-refractivity contribution in [3.05, 3.63) is 34.9 Å². The molecule has 0 aliphatic heterocycles. The Morgan fingerprint density at radius 1 is 1.33 bits per heavy atom. The summed E-state index contributed by atoms with van der Waals surface area (Å²) in [4.78, 5) is 12.8. The summed E-state index contributed by atoms with van der Waals surface area (Å²) in [5, 5.41) is 3.75. The van der Waals surface area contributed by atoms with E-state index in [4.69, 9.17) is 17.3 Å². The molecule has 2 rings (SSSR count). The quantitative estimate of drug-likeness (QED) is 0.812. The van der Waals surface area contributed by atoms with E-state index < -0.39 is 5.41 Å². The van der Waals surface area contributed by atoms with Crippen LogP contribution in [0.2, 0.25) is 5.02 Å². The van der Waals surface area contributed by atoms with Crippen molar-refractivity contribution < 1.29 is 4.79 Å². The van der Waals surface area contributed by atoms with Gasteiger partial charge < -0.3 is 11.1 Å². The highest BCUT2D eigenvalue weighted by Gasteiger charge is 2.37. The smallest absolute Gasteiger partial charge is 0.230 e. The second-order valence-corrected chi connectivity index (χ2v) is 6.44. The van der Waals surface area contributed by atoms with Gasteiger partial charge in [-0.3, -0.25) is 4.79 Å². The number of rotatable bonds is 7. The Kier molecular flexibility index (Phi) is 5.28. The minimum absolute atomic E-state index is 0.0749. The lowest BCUT2D eigenvalue weighted by atomic mass is 9.75. The first kappa shape index (κ1) is 16.3. The lowest BCUT2D eigenvalue weighted by molar-refractivity contribution is -0.127. The lowest BCUT2D eigenvalue weighted by Crippen LogP contribution is -2.48. The van der Waals surface area contributed by atoms with Gasteiger partial charge in [0.1, 0.15) is 0 Å². The molecule has 4 heteroatoms. The fourth-order valence-corrected chi connectivity index (χ4v) is 3.08. The van der Waals surface area contributed by atoms with Crippen LogP contribution >= 0.6 is 11.6 Å². The molecule has 1 amide bonds. The van der Waals surface area contributed by atoms with Crippen molar-refractivity contribution >= 4 is 17.5 Å². The predicted molar refractivity (Wildman–Crippen MR) is 87.4 cm³/mol. The van der Waals surface area contributed by atoms with Crippen molar-refractivity contribution in [1.29, 1.82) is 0 Å². The summed E-state index contributed by atoms with van der Waals surface area (Å²) in [7, 11) is 0. The Balaban J connectivity index is 2.11. The number of hydrogen-bond donors (Lipinski definition) is 2. The molecular weight excluding hydrogens is 284 g/mol. The maximum absolute atomic E-state index is 12.8. The second kappa shape index (κ2) is 6.80. The van der Waals surface area contributed by atoms with Gasteiger partial charge in [0, 0.05) is 17.6 Å². The molecule has 0 heterocycles. The topological polar surface area (TPSA) is 55.1 Å². The summed E-state index contributed by atoms with van der Waals surface area (Å²) in [6.07, 6.45) is 3.91. The third kappa shape index (κ3) is 3.58. The molecule has 3 N–H and O–H groups in total. The van der Waals surface area contributed by atoms with Gasteiger partial charge in [-0.15, -0.1) is 0 Å². The monoisotopic (exact) mass is 308 g/mol. The summed E-state index contributed by atoms with van der Waals surface area (Å²) >= 11 is 5.96. The normalized spacial score (nSPS) is 16.6. The zero-order valence-electron chi connectivity index (χ0n) is 12.9. The van der Waals surface area contributed by atoms with Crippen LogP contribution in [0.1, 0.15) is 45.1 Å². The maximum Gasteiger partial charge on any atom is 0.230 e. The SMILES string of the molecule is CCC(CC)(C(=O)NCC(N)C1CC1)c1ccc(Cl)cc1.